The van der Waals surface area contributed by atoms with Gasteiger partial charge >= 0.3 is 0 Å². The molecule has 1 aromatic carbocycles. The highest BCUT2D eigenvalue weighted by Crippen LogP contribution is 2.18. The third kappa shape index (κ3) is 3.45. The second kappa shape index (κ2) is 7.38. The third-order valence-corrected chi connectivity index (χ3v) is 5.15. The minimum absolute atomic E-state index is 0.0416. The van der Waals surface area contributed by atoms with Gasteiger partial charge in [0.15, 0.2) is 5.65 Å². The van der Waals surface area contributed by atoms with Crippen molar-refractivity contribution in [1.82, 2.24) is 19.8 Å². The maximum atomic E-state index is 13.0. The molecular formula is C22H22N4O2. The lowest BCUT2D eigenvalue weighted by Crippen LogP contribution is -2.57. The highest BCUT2D eigenvalue weighted by molar-refractivity contribution is 5.98. The van der Waals surface area contributed by atoms with Gasteiger partial charge in [-0.15, -0.1) is 0 Å². The predicted octanol–water partition coefficient (Wildman–Crippen LogP) is 2.81. The molecule has 1 atom stereocenters. The van der Waals surface area contributed by atoms with Crippen molar-refractivity contribution in [1.29, 1.82) is 0 Å². The summed E-state index contributed by atoms with van der Waals surface area (Å²) < 4.78 is 0. The van der Waals surface area contributed by atoms with Crippen molar-refractivity contribution < 1.29 is 9.59 Å². The number of carbonyl (C=O) groups is 2. The van der Waals surface area contributed by atoms with Crippen LogP contribution in [-0.4, -0.2) is 50.7 Å². The molecule has 1 fully saturated rings. The van der Waals surface area contributed by atoms with Gasteiger partial charge in [0.05, 0.1) is 0 Å². The maximum absolute atomic E-state index is 13.0. The average molecular weight is 374 g/mol. The topological polar surface area (TPSA) is 66.4 Å². The number of amides is 2. The van der Waals surface area contributed by atoms with E-state index in [-0.39, 0.29) is 11.8 Å². The number of piperazine rings is 1. The van der Waals surface area contributed by atoms with Crippen LogP contribution in [0.4, 0.5) is 0 Å². The fourth-order valence-corrected chi connectivity index (χ4v) is 3.61. The molecule has 0 N–H and O–H groups in total. The molecule has 0 radical (unpaired) electrons. The Kier molecular flexibility index (Phi) is 4.77. The smallest absolute Gasteiger partial charge is 0.273 e. The molecule has 0 spiro atoms. The monoisotopic (exact) mass is 374 g/mol. The van der Waals surface area contributed by atoms with Crippen LogP contribution in [-0.2, 0) is 11.3 Å². The molecule has 0 saturated carbocycles. The van der Waals surface area contributed by atoms with Crippen molar-refractivity contribution in [3.05, 3.63) is 71.5 Å². The molecule has 0 bridgehead atoms. The predicted molar refractivity (Wildman–Crippen MR) is 107 cm³/mol. The lowest BCUT2D eigenvalue weighted by molar-refractivity contribution is -0.140. The van der Waals surface area contributed by atoms with Gasteiger partial charge in [0, 0.05) is 31.2 Å². The van der Waals surface area contributed by atoms with E-state index in [0.717, 1.165) is 10.9 Å². The summed E-state index contributed by atoms with van der Waals surface area (Å²) in [5.74, 6) is -0.274. The van der Waals surface area contributed by atoms with Crippen molar-refractivity contribution in [2.45, 2.75) is 26.4 Å². The normalized spacial score (nSPS) is 17.2. The van der Waals surface area contributed by atoms with Crippen molar-refractivity contribution in [3.63, 3.8) is 0 Å². The minimum atomic E-state index is -0.521. The summed E-state index contributed by atoms with van der Waals surface area (Å²) in [4.78, 5) is 37.9. The number of nitrogens with zero attached hydrogens (tertiary/aromatic N) is 4. The van der Waals surface area contributed by atoms with Crippen LogP contribution in [0.3, 0.4) is 0 Å². The highest BCUT2D eigenvalue weighted by Gasteiger charge is 2.35. The van der Waals surface area contributed by atoms with Crippen molar-refractivity contribution >= 4 is 22.8 Å². The molecule has 6 heteroatoms. The van der Waals surface area contributed by atoms with Gasteiger partial charge in [-0.05, 0) is 43.7 Å². The number of benzene rings is 1. The fourth-order valence-electron chi connectivity index (χ4n) is 3.61. The van der Waals surface area contributed by atoms with E-state index in [1.54, 1.807) is 24.1 Å². The van der Waals surface area contributed by atoms with Crippen LogP contribution in [0.1, 0.15) is 28.5 Å². The summed E-state index contributed by atoms with van der Waals surface area (Å²) in [5, 5.41) is 0.881. The van der Waals surface area contributed by atoms with E-state index in [1.165, 1.54) is 5.56 Å². The molecule has 4 rings (SSSR count). The van der Waals surface area contributed by atoms with E-state index in [2.05, 4.69) is 16.0 Å². The summed E-state index contributed by atoms with van der Waals surface area (Å²) in [6.07, 6.45) is 1.65. The summed E-state index contributed by atoms with van der Waals surface area (Å²) in [6, 6.07) is 14.9. The van der Waals surface area contributed by atoms with Crippen LogP contribution < -0.4 is 0 Å². The third-order valence-electron chi connectivity index (χ3n) is 5.15. The maximum Gasteiger partial charge on any atom is 0.273 e. The largest absolute Gasteiger partial charge is 0.335 e. The minimum Gasteiger partial charge on any atom is -0.335 e. The molecule has 1 aliphatic heterocycles. The first-order valence-electron chi connectivity index (χ1n) is 9.40. The standard InChI is InChI=1S/C22H22N4O2/c1-15-5-3-6-17(13-15)14-25-11-12-26(16(2)21(25)27)22(28)19-9-8-18-7-4-10-23-20(18)24-19/h3-10,13,16H,11-12,14H2,1-2H3. The van der Waals surface area contributed by atoms with Crippen LogP contribution in [0.5, 0.6) is 0 Å². The van der Waals surface area contributed by atoms with E-state index in [0.29, 0.717) is 31.0 Å². The lowest BCUT2D eigenvalue weighted by Gasteiger charge is -2.39. The van der Waals surface area contributed by atoms with Gasteiger partial charge < -0.3 is 9.80 Å². The summed E-state index contributed by atoms with van der Waals surface area (Å²) in [7, 11) is 0. The number of hydrogen-bond donors (Lipinski definition) is 0. The first kappa shape index (κ1) is 18.1. The number of hydrogen-bond acceptors (Lipinski definition) is 4. The molecule has 6 nitrogen and oxygen atoms in total. The Hall–Kier alpha value is -3.28. The van der Waals surface area contributed by atoms with Crippen molar-refractivity contribution in [3.8, 4) is 0 Å². The molecule has 2 amide bonds. The molecule has 2 aromatic heterocycles. The quantitative estimate of drug-likeness (QED) is 0.707. The zero-order valence-electron chi connectivity index (χ0n) is 16.0. The second-order valence-electron chi connectivity index (χ2n) is 7.17. The summed E-state index contributed by atoms with van der Waals surface area (Å²) >= 11 is 0. The van der Waals surface area contributed by atoms with E-state index < -0.39 is 6.04 Å². The number of pyridine rings is 2. The van der Waals surface area contributed by atoms with Gasteiger partial charge in [-0.2, -0.15) is 0 Å². The number of fused-ring (bicyclic) bond motifs is 1. The molecule has 1 saturated heterocycles. The van der Waals surface area contributed by atoms with E-state index in [1.807, 2.05) is 48.2 Å². The Labute approximate surface area is 163 Å². The van der Waals surface area contributed by atoms with Gasteiger partial charge in [0.1, 0.15) is 11.7 Å². The summed E-state index contributed by atoms with van der Waals surface area (Å²) in [5.41, 5.74) is 3.12. The second-order valence-corrected chi connectivity index (χ2v) is 7.17. The van der Waals surface area contributed by atoms with Crippen LogP contribution in [0.2, 0.25) is 0 Å². The number of carbonyl (C=O) groups excluding carboxylic acids is 2. The van der Waals surface area contributed by atoms with Gasteiger partial charge in [0.25, 0.3) is 5.91 Å². The van der Waals surface area contributed by atoms with E-state index in [9.17, 15) is 9.59 Å². The Bertz CT molecular complexity index is 1050. The van der Waals surface area contributed by atoms with E-state index in [4.69, 9.17) is 0 Å². The number of aryl methyl sites for hydroxylation is 1. The zero-order chi connectivity index (χ0) is 19.7. The highest BCUT2D eigenvalue weighted by atomic mass is 16.2. The van der Waals surface area contributed by atoms with Gasteiger partial charge in [-0.1, -0.05) is 29.8 Å². The van der Waals surface area contributed by atoms with Crippen LogP contribution >= 0.6 is 0 Å². The molecule has 1 aliphatic rings. The lowest BCUT2D eigenvalue weighted by atomic mass is 10.1. The average Bonchev–Trinajstić information content (AvgIpc) is 2.71. The van der Waals surface area contributed by atoms with Crippen LogP contribution in [0, 0.1) is 6.92 Å². The molecule has 1 unspecified atom stereocenters. The fraction of sp³-hybridized carbons (Fsp3) is 0.273. The van der Waals surface area contributed by atoms with E-state index >= 15 is 0 Å². The van der Waals surface area contributed by atoms with Gasteiger partial charge in [-0.3, -0.25) is 9.59 Å². The molecule has 142 valence electrons. The Balaban J connectivity index is 1.50. The van der Waals surface area contributed by atoms with Crippen LogP contribution in [0.15, 0.2) is 54.7 Å². The molecule has 3 heterocycles. The molecule has 28 heavy (non-hydrogen) atoms. The summed E-state index contributed by atoms with van der Waals surface area (Å²) in [6.45, 7) is 5.37. The molecular weight excluding hydrogens is 352 g/mol. The molecule has 3 aromatic rings. The number of aromatic nitrogens is 2. The van der Waals surface area contributed by atoms with Crippen molar-refractivity contribution in [2.24, 2.45) is 0 Å². The first-order valence-corrected chi connectivity index (χ1v) is 9.40. The Morgan fingerprint density at radius 1 is 1.14 bits per heavy atom. The zero-order valence-corrected chi connectivity index (χ0v) is 16.0. The molecule has 0 aliphatic carbocycles. The number of rotatable bonds is 3. The van der Waals surface area contributed by atoms with Crippen LogP contribution in [0.25, 0.3) is 11.0 Å². The van der Waals surface area contributed by atoms with Gasteiger partial charge in [0.2, 0.25) is 5.91 Å². The Morgan fingerprint density at radius 2 is 2.00 bits per heavy atom. The Morgan fingerprint density at radius 3 is 2.82 bits per heavy atom. The first-order chi connectivity index (χ1) is 13.5. The van der Waals surface area contributed by atoms with Crippen molar-refractivity contribution in [2.75, 3.05) is 13.1 Å². The SMILES string of the molecule is Cc1cccc(CN2CCN(C(=O)c3ccc4cccnc4n3)C(C)C2=O)c1. The van der Waals surface area contributed by atoms with Gasteiger partial charge in [-0.25, -0.2) is 9.97 Å².